The Morgan fingerprint density at radius 2 is 2.24 bits per heavy atom. The first kappa shape index (κ1) is 15.6. The highest BCUT2D eigenvalue weighted by Gasteiger charge is 2.06. The minimum absolute atomic E-state index is 0.0511. The van der Waals surface area contributed by atoms with Crippen LogP contribution in [-0.4, -0.2) is 23.8 Å². The first-order valence-corrected chi connectivity index (χ1v) is 7.56. The molecule has 7 heteroatoms. The van der Waals surface area contributed by atoms with E-state index in [0.29, 0.717) is 11.4 Å². The number of carbonyl (C=O) groups excluding carboxylic acids is 1. The van der Waals surface area contributed by atoms with E-state index in [4.69, 9.17) is 16.3 Å². The van der Waals surface area contributed by atoms with Crippen molar-refractivity contribution in [3.05, 3.63) is 47.4 Å². The Morgan fingerprint density at radius 3 is 2.86 bits per heavy atom. The third kappa shape index (κ3) is 4.61. The fourth-order valence-electron chi connectivity index (χ4n) is 1.49. The van der Waals surface area contributed by atoms with E-state index < -0.39 is 5.82 Å². The van der Waals surface area contributed by atoms with Crippen molar-refractivity contribution in [3.8, 4) is 5.75 Å². The number of rotatable bonds is 5. The van der Waals surface area contributed by atoms with Crippen molar-refractivity contribution >= 4 is 35.0 Å². The molecule has 0 unspecified atom stereocenters. The topological polar surface area (TPSA) is 51.2 Å². The van der Waals surface area contributed by atoms with Crippen molar-refractivity contribution in [1.82, 2.24) is 4.98 Å². The van der Waals surface area contributed by atoms with Crippen molar-refractivity contribution in [2.45, 2.75) is 5.03 Å². The molecule has 0 atom stereocenters. The molecular weight excluding hydrogens is 315 g/mol. The molecule has 1 heterocycles. The van der Waals surface area contributed by atoms with Crippen LogP contribution in [0.3, 0.4) is 0 Å². The molecule has 1 amide bonds. The SMILES string of the molecule is CSc1ccc(NC(=O)COc2ccc(F)c(Cl)c2)cn1. The lowest BCUT2D eigenvalue weighted by atomic mass is 10.3. The van der Waals surface area contributed by atoms with Crippen LogP contribution >= 0.6 is 23.4 Å². The average Bonchev–Trinajstić information content (AvgIpc) is 2.49. The van der Waals surface area contributed by atoms with Crippen LogP contribution in [0.1, 0.15) is 0 Å². The Kier molecular flexibility index (Phi) is 5.41. The predicted molar refractivity (Wildman–Crippen MR) is 81.6 cm³/mol. The van der Waals surface area contributed by atoms with E-state index in [-0.39, 0.29) is 17.5 Å². The number of halogens is 2. The summed E-state index contributed by atoms with van der Waals surface area (Å²) in [6.07, 6.45) is 3.49. The van der Waals surface area contributed by atoms with E-state index in [0.717, 1.165) is 5.03 Å². The first-order chi connectivity index (χ1) is 10.1. The van der Waals surface area contributed by atoms with Crippen molar-refractivity contribution in [2.24, 2.45) is 0 Å². The summed E-state index contributed by atoms with van der Waals surface area (Å²) in [6.45, 7) is -0.202. The first-order valence-electron chi connectivity index (χ1n) is 5.96. The second-order valence-electron chi connectivity index (χ2n) is 4.00. The van der Waals surface area contributed by atoms with Gasteiger partial charge in [-0.1, -0.05) is 11.6 Å². The normalized spacial score (nSPS) is 10.2. The summed E-state index contributed by atoms with van der Waals surface area (Å²) in [5, 5.41) is 3.46. The van der Waals surface area contributed by atoms with Crippen molar-refractivity contribution < 1.29 is 13.9 Å². The molecule has 0 spiro atoms. The number of carbonyl (C=O) groups is 1. The van der Waals surface area contributed by atoms with Crippen LogP contribution in [0.5, 0.6) is 5.75 Å². The zero-order chi connectivity index (χ0) is 15.2. The van der Waals surface area contributed by atoms with Crippen LogP contribution in [-0.2, 0) is 4.79 Å². The molecule has 0 aliphatic heterocycles. The van der Waals surface area contributed by atoms with Gasteiger partial charge in [0.25, 0.3) is 5.91 Å². The number of amides is 1. The van der Waals surface area contributed by atoms with Crippen LogP contribution in [0.25, 0.3) is 0 Å². The van der Waals surface area contributed by atoms with E-state index in [1.807, 2.05) is 6.26 Å². The third-order valence-corrected chi connectivity index (χ3v) is 3.44. The molecule has 0 saturated carbocycles. The summed E-state index contributed by atoms with van der Waals surface area (Å²) < 4.78 is 18.2. The molecule has 0 bridgehead atoms. The predicted octanol–water partition coefficient (Wildman–Crippen LogP) is 3.61. The molecule has 21 heavy (non-hydrogen) atoms. The highest BCUT2D eigenvalue weighted by molar-refractivity contribution is 7.98. The Morgan fingerprint density at radius 1 is 1.43 bits per heavy atom. The van der Waals surface area contributed by atoms with Gasteiger partial charge in [0.15, 0.2) is 6.61 Å². The lowest BCUT2D eigenvalue weighted by Crippen LogP contribution is -2.20. The zero-order valence-electron chi connectivity index (χ0n) is 11.1. The maximum absolute atomic E-state index is 13.0. The number of hydrogen-bond acceptors (Lipinski definition) is 4. The van der Waals surface area contributed by atoms with Crippen molar-refractivity contribution in [2.75, 3.05) is 18.2 Å². The van der Waals surface area contributed by atoms with E-state index >= 15 is 0 Å². The molecule has 0 aliphatic carbocycles. The smallest absolute Gasteiger partial charge is 0.262 e. The fraction of sp³-hybridized carbons (Fsp3) is 0.143. The molecule has 4 nitrogen and oxygen atoms in total. The van der Waals surface area contributed by atoms with E-state index in [1.165, 1.54) is 30.0 Å². The van der Waals surface area contributed by atoms with Crippen LogP contribution in [0.4, 0.5) is 10.1 Å². The molecule has 1 aromatic heterocycles. The Labute approximate surface area is 130 Å². The van der Waals surface area contributed by atoms with Crippen LogP contribution < -0.4 is 10.1 Å². The maximum atomic E-state index is 13.0. The van der Waals surface area contributed by atoms with Crippen LogP contribution in [0, 0.1) is 5.82 Å². The second kappa shape index (κ2) is 7.28. The Balaban J connectivity index is 1.87. The molecule has 0 radical (unpaired) electrons. The summed E-state index contributed by atoms with van der Waals surface area (Å²) in [6, 6.07) is 7.47. The highest BCUT2D eigenvalue weighted by atomic mass is 35.5. The molecule has 110 valence electrons. The number of aromatic nitrogens is 1. The summed E-state index contributed by atoms with van der Waals surface area (Å²) in [7, 11) is 0. The van der Waals surface area contributed by atoms with Gasteiger partial charge >= 0.3 is 0 Å². The van der Waals surface area contributed by atoms with Gasteiger partial charge in [-0.25, -0.2) is 9.37 Å². The quantitative estimate of drug-likeness (QED) is 0.853. The number of nitrogens with one attached hydrogen (secondary N) is 1. The standard InChI is InChI=1S/C14H12ClFN2O2S/c1-21-14-5-2-9(7-17-14)18-13(19)8-20-10-3-4-12(16)11(15)6-10/h2-7H,8H2,1H3,(H,18,19). The van der Waals surface area contributed by atoms with Gasteiger partial charge in [-0.3, -0.25) is 4.79 Å². The summed E-state index contributed by atoms with van der Waals surface area (Å²) >= 11 is 7.14. The van der Waals surface area contributed by atoms with Gasteiger partial charge in [-0.15, -0.1) is 11.8 Å². The Bertz CT molecular complexity index is 637. The number of ether oxygens (including phenoxy) is 1. The average molecular weight is 327 g/mol. The third-order valence-electron chi connectivity index (χ3n) is 2.49. The van der Waals surface area contributed by atoms with Gasteiger partial charge in [-0.05, 0) is 30.5 Å². The Hall–Kier alpha value is -1.79. The lowest BCUT2D eigenvalue weighted by Gasteiger charge is -2.08. The largest absolute Gasteiger partial charge is 0.484 e. The van der Waals surface area contributed by atoms with Gasteiger partial charge in [0.05, 0.1) is 21.9 Å². The lowest BCUT2D eigenvalue weighted by molar-refractivity contribution is -0.118. The number of pyridine rings is 1. The van der Waals surface area contributed by atoms with Crippen LogP contribution in [0.15, 0.2) is 41.6 Å². The summed E-state index contributed by atoms with van der Waals surface area (Å²) in [5.74, 6) is -0.546. The summed E-state index contributed by atoms with van der Waals surface area (Å²) in [4.78, 5) is 15.9. The summed E-state index contributed by atoms with van der Waals surface area (Å²) in [5.41, 5.74) is 0.582. The number of nitrogens with zero attached hydrogens (tertiary/aromatic N) is 1. The number of thioether (sulfide) groups is 1. The van der Waals surface area contributed by atoms with E-state index in [2.05, 4.69) is 10.3 Å². The molecule has 1 aromatic carbocycles. The molecule has 1 N–H and O–H groups in total. The van der Waals surface area contributed by atoms with Crippen LogP contribution in [0.2, 0.25) is 5.02 Å². The monoisotopic (exact) mass is 326 g/mol. The van der Waals surface area contributed by atoms with E-state index in [9.17, 15) is 9.18 Å². The molecule has 0 fully saturated rings. The zero-order valence-corrected chi connectivity index (χ0v) is 12.7. The van der Waals surface area contributed by atoms with Gasteiger partial charge in [-0.2, -0.15) is 0 Å². The van der Waals surface area contributed by atoms with Crippen molar-refractivity contribution in [3.63, 3.8) is 0 Å². The molecule has 0 saturated heterocycles. The molecule has 2 aromatic rings. The highest BCUT2D eigenvalue weighted by Crippen LogP contribution is 2.21. The fourth-order valence-corrected chi connectivity index (χ4v) is 2.02. The molecule has 2 rings (SSSR count). The number of benzene rings is 1. The van der Waals surface area contributed by atoms with Gasteiger partial charge in [0.1, 0.15) is 11.6 Å². The minimum Gasteiger partial charge on any atom is -0.484 e. The van der Waals surface area contributed by atoms with Gasteiger partial charge < -0.3 is 10.1 Å². The van der Waals surface area contributed by atoms with Crippen molar-refractivity contribution in [1.29, 1.82) is 0 Å². The number of anilines is 1. The second-order valence-corrected chi connectivity index (χ2v) is 5.24. The molecular formula is C14H12ClFN2O2S. The van der Waals surface area contributed by atoms with E-state index in [1.54, 1.807) is 18.3 Å². The van der Waals surface area contributed by atoms with Gasteiger partial charge in [0, 0.05) is 6.07 Å². The van der Waals surface area contributed by atoms with Gasteiger partial charge in [0.2, 0.25) is 0 Å². The number of hydrogen-bond donors (Lipinski definition) is 1. The maximum Gasteiger partial charge on any atom is 0.262 e. The minimum atomic E-state index is -0.534. The molecule has 0 aliphatic rings.